The van der Waals surface area contributed by atoms with Crippen molar-refractivity contribution in [2.24, 2.45) is 0 Å². The van der Waals surface area contributed by atoms with Gasteiger partial charge in [-0.3, -0.25) is 14.6 Å². The van der Waals surface area contributed by atoms with Gasteiger partial charge in [0.1, 0.15) is 5.69 Å². The van der Waals surface area contributed by atoms with Crippen LogP contribution in [0.25, 0.3) is 11.4 Å². The van der Waals surface area contributed by atoms with Crippen LogP contribution in [0.3, 0.4) is 0 Å². The van der Waals surface area contributed by atoms with Crippen molar-refractivity contribution in [3.05, 3.63) is 64.3 Å². The second-order valence-electron chi connectivity index (χ2n) is 7.81. The Labute approximate surface area is 202 Å². The largest absolute Gasteiger partial charge is 0.471 e. The summed E-state index contributed by atoms with van der Waals surface area (Å²) < 4.78 is 47.6. The van der Waals surface area contributed by atoms with Crippen molar-refractivity contribution in [2.75, 3.05) is 26.3 Å². The highest BCUT2D eigenvalue weighted by molar-refractivity contribution is 6.31. The molecule has 35 heavy (non-hydrogen) atoms. The van der Waals surface area contributed by atoms with Crippen molar-refractivity contribution in [1.82, 2.24) is 25.3 Å². The molecule has 1 atom stereocenters. The van der Waals surface area contributed by atoms with Crippen LogP contribution >= 0.6 is 11.6 Å². The fourth-order valence-corrected chi connectivity index (χ4v) is 3.82. The second-order valence-corrected chi connectivity index (χ2v) is 8.24. The summed E-state index contributed by atoms with van der Waals surface area (Å²) in [5, 5.41) is 6.45. The van der Waals surface area contributed by atoms with Crippen LogP contribution in [0.5, 0.6) is 0 Å². The van der Waals surface area contributed by atoms with Gasteiger partial charge in [-0.25, -0.2) is 0 Å². The number of pyridine rings is 1. The summed E-state index contributed by atoms with van der Waals surface area (Å²) in [6.07, 6.45) is -3.59. The maximum Gasteiger partial charge on any atom is 0.471 e. The van der Waals surface area contributed by atoms with Crippen molar-refractivity contribution in [3.63, 3.8) is 0 Å². The van der Waals surface area contributed by atoms with Gasteiger partial charge in [0, 0.05) is 35.4 Å². The number of morpholine rings is 1. The van der Waals surface area contributed by atoms with Crippen molar-refractivity contribution >= 4 is 23.4 Å². The van der Waals surface area contributed by atoms with Crippen LogP contribution in [0, 0.1) is 6.92 Å². The van der Waals surface area contributed by atoms with E-state index >= 15 is 0 Å². The SMILES string of the molecule is Cc1cc(Cl)cc(C(=O)N2CCOCC2CNC(=O)c2ccc(-c3noc(C(F)(F)F)n3)cn2)c1. The number of nitrogens with one attached hydrogen (secondary N) is 1. The molecular formula is C22H19ClF3N5O4. The van der Waals surface area contributed by atoms with Gasteiger partial charge < -0.3 is 19.5 Å². The molecule has 13 heteroatoms. The number of carbonyl (C=O) groups excluding carboxylic acids is 2. The van der Waals surface area contributed by atoms with Crippen LogP contribution in [-0.4, -0.2) is 64.2 Å². The molecule has 184 valence electrons. The Bertz CT molecular complexity index is 1210. The summed E-state index contributed by atoms with van der Waals surface area (Å²) in [6, 6.07) is 7.35. The number of alkyl halides is 3. The molecule has 2 aromatic heterocycles. The number of hydrogen-bond donors (Lipinski definition) is 1. The van der Waals surface area contributed by atoms with Crippen molar-refractivity contribution in [3.8, 4) is 11.4 Å². The minimum Gasteiger partial charge on any atom is -0.377 e. The highest BCUT2D eigenvalue weighted by Crippen LogP contribution is 2.29. The number of amides is 2. The number of rotatable bonds is 5. The van der Waals surface area contributed by atoms with Crippen LogP contribution in [-0.2, 0) is 10.9 Å². The fourth-order valence-electron chi connectivity index (χ4n) is 3.53. The number of aromatic nitrogens is 3. The topological polar surface area (TPSA) is 110 Å². The lowest BCUT2D eigenvalue weighted by Gasteiger charge is -2.35. The van der Waals surface area contributed by atoms with Crippen LogP contribution in [0.15, 0.2) is 41.1 Å². The van der Waals surface area contributed by atoms with E-state index < -0.39 is 24.0 Å². The van der Waals surface area contributed by atoms with Gasteiger partial charge in [-0.1, -0.05) is 16.8 Å². The number of benzene rings is 1. The zero-order valence-electron chi connectivity index (χ0n) is 18.3. The molecule has 0 spiro atoms. The van der Waals surface area contributed by atoms with E-state index in [4.69, 9.17) is 16.3 Å². The van der Waals surface area contributed by atoms with E-state index in [2.05, 4.69) is 25.0 Å². The van der Waals surface area contributed by atoms with E-state index in [1.165, 1.54) is 18.3 Å². The summed E-state index contributed by atoms with van der Waals surface area (Å²) in [7, 11) is 0. The standard InChI is InChI=1S/C22H19ClF3N5O4/c1-12-6-14(8-15(23)7-12)20(33)31-4-5-34-11-16(31)10-28-19(32)17-3-2-13(9-27-17)18-29-21(35-30-18)22(24,25)26/h2-3,6-9,16H,4-5,10-11H2,1H3,(H,28,32). The Morgan fingerprint density at radius 2 is 2.06 bits per heavy atom. The molecule has 1 fully saturated rings. The average molecular weight is 510 g/mol. The number of hydrogen-bond acceptors (Lipinski definition) is 7. The molecule has 9 nitrogen and oxygen atoms in total. The Kier molecular flexibility index (Phi) is 7.03. The Morgan fingerprint density at radius 3 is 2.71 bits per heavy atom. The van der Waals surface area contributed by atoms with E-state index in [0.29, 0.717) is 23.7 Å². The predicted octanol–water partition coefficient (Wildman–Crippen LogP) is 3.38. The minimum absolute atomic E-state index is 0.0216. The first kappa shape index (κ1) is 24.6. The van der Waals surface area contributed by atoms with Crippen molar-refractivity contribution < 1.29 is 32.0 Å². The summed E-state index contributed by atoms with van der Waals surface area (Å²) in [6.45, 7) is 2.89. The Hall–Kier alpha value is -3.51. The average Bonchev–Trinajstić information content (AvgIpc) is 3.33. The maximum atomic E-state index is 13.1. The normalized spacial score (nSPS) is 16.3. The summed E-state index contributed by atoms with van der Waals surface area (Å²) in [4.78, 5) is 34.5. The molecule has 3 aromatic rings. The molecule has 1 aromatic carbocycles. The summed E-state index contributed by atoms with van der Waals surface area (Å²) in [5.74, 6) is -2.53. The third kappa shape index (κ3) is 5.77. The number of carbonyl (C=O) groups is 2. The smallest absolute Gasteiger partial charge is 0.377 e. The number of aryl methyl sites for hydroxylation is 1. The third-order valence-electron chi connectivity index (χ3n) is 5.20. The van der Waals surface area contributed by atoms with E-state index in [-0.39, 0.29) is 36.1 Å². The van der Waals surface area contributed by atoms with Crippen LogP contribution in [0.2, 0.25) is 5.02 Å². The third-order valence-corrected chi connectivity index (χ3v) is 5.42. The molecular weight excluding hydrogens is 491 g/mol. The number of nitrogens with zero attached hydrogens (tertiary/aromatic N) is 4. The Morgan fingerprint density at radius 1 is 1.26 bits per heavy atom. The molecule has 1 saturated heterocycles. The van der Waals surface area contributed by atoms with Gasteiger partial charge >= 0.3 is 12.1 Å². The number of ether oxygens (including phenoxy) is 1. The highest BCUT2D eigenvalue weighted by Gasteiger charge is 2.38. The number of halogens is 4. The fraction of sp³-hybridized carbons (Fsp3) is 0.318. The molecule has 0 radical (unpaired) electrons. The Balaban J connectivity index is 1.40. The molecule has 1 unspecified atom stereocenters. The van der Waals surface area contributed by atoms with Crippen molar-refractivity contribution in [1.29, 1.82) is 0 Å². The molecule has 1 N–H and O–H groups in total. The first-order valence-electron chi connectivity index (χ1n) is 10.4. The van der Waals surface area contributed by atoms with E-state index in [1.54, 1.807) is 23.1 Å². The quantitative estimate of drug-likeness (QED) is 0.561. The lowest BCUT2D eigenvalue weighted by Crippen LogP contribution is -2.53. The summed E-state index contributed by atoms with van der Waals surface area (Å²) in [5.41, 5.74) is 1.47. The van der Waals surface area contributed by atoms with Gasteiger partial charge in [0.15, 0.2) is 0 Å². The molecule has 4 rings (SSSR count). The van der Waals surface area contributed by atoms with Gasteiger partial charge in [0.05, 0.1) is 19.3 Å². The van der Waals surface area contributed by atoms with Crippen LogP contribution < -0.4 is 5.32 Å². The zero-order chi connectivity index (χ0) is 25.2. The molecule has 0 bridgehead atoms. The highest BCUT2D eigenvalue weighted by atomic mass is 35.5. The predicted molar refractivity (Wildman–Crippen MR) is 117 cm³/mol. The zero-order valence-corrected chi connectivity index (χ0v) is 19.1. The first-order valence-corrected chi connectivity index (χ1v) is 10.8. The molecule has 2 amide bonds. The summed E-state index contributed by atoms with van der Waals surface area (Å²) >= 11 is 6.09. The first-order chi connectivity index (χ1) is 16.6. The van der Waals surface area contributed by atoms with Gasteiger partial charge in [-0.05, 0) is 42.8 Å². The van der Waals surface area contributed by atoms with E-state index in [0.717, 1.165) is 5.56 Å². The molecule has 0 saturated carbocycles. The minimum atomic E-state index is -4.76. The van der Waals surface area contributed by atoms with Gasteiger partial charge in [0.25, 0.3) is 11.8 Å². The van der Waals surface area contributed by atoms with Crippen molar-refractivity contribution in [2.45, 2.75) is 19.1 Å². The van der Waals surface area contributed by atoms with E-state index in [9.17, 15) is 22.8 Å². The van der Waals surface area contributed by atoms with Crippen LogP contribution in [0.1, 0.15) is 32.3 Å². The second kappa shape index (κ2) is 10.0. The van der Waals surface area contributed by atoms with E-state index in [1.807, 2.05) is 6.92 Å². The lowest BCUT2D eigenvalue weighted by atomic mass is 10.1. The van der Waals surface area contributed by atoms with Crippen LogP contribution in [0.4, 0.5) is 13.2 Å². The monoisotopic (exact) mass is 509 g/mol. The van der Waals surface area contributed by atoms with Gasteiger partial charge in [-0.2, -0.15) is 18.2 Å². The molecule has 1 aliphatic heterocycles. The molecule has 3 heterocycles. The van der Waals surface area contributed by atoms with Gasteiger partial charge in [-0.15, -0.1) is 0 Å². The van der Waals surface area contributed by atoms with Gasteiger partial charge in [0.2, 0.25) is 5.82 Å². The molecule has 1 aliphatic rings. The maximum absolute atomic E-state index is 13.1. The molecule has 0 aliphatic carbocycles. The lowest BCUT2D eigenvalue weighted by molar-refractivity contribution is -0.159.